The first-order valence-electron chi connectivity index (χ1n) is 11.4. The van der Waals surface area contributed by atoms with Crippen LogP contribution in [0.1, 0.15) is 50.0 Å². The maximum absolute atomic E-state index is 13.4. The Balaban J connectivity index is 1.86. The first-order chi connectivity index (χ1) is 16.3. The monoisotopic (exact) mass is 497 g/mol. The standard InChI is InChI=1S/C25H28ClN5O2S/c1-5-16(4)27-22(32)18-9-10-20-21(12-18)31-24(30(23(20)33)13-15(2)3)28-29-25(31)34-14-17-7-6-8-19(26)11-17/h6-12,15-16H,5,13-14H2,1-4H3,(H,27,32)/t16-/m0/s1. The lowest BCUT2D eigenvalue weighted by molar-refractivity contribution is 0.0939. The number of thioether (sulfide) groups is 1. The van der Waals surface area contributed by atoms with E-state index in [1.807, 2.05) is 42.5 Å². The van der Waals surface area contributed by atoms with E-state index in [-0.39, 0.29) is 23.4 Å². The van der Waals surface area contributed by atoms with E-state index in [2.05, 4.69) is 29.4 Å². The normalized spacial score (nSPS) is 12.5. The van der Waals surface area contributed by atoms with Gasteiger partial charge in [0.2, 0.25) is 5.78 Å². The lowest BCUT2D eigenvalue weighted by atomic mass is 10.1. The average molecular weight is 498 g/mol. The Kier molecular flexibility index (Phi) is 7.28. The molecule has 0 aliphatic carbocycles. The van der Waals surface area contributed by atoms with Gasteiger partial charge in [-0.3, -0.25) is 18.6 Å². The number of fused-ring (bicyclic) bond motifs is 3. The van der Waals surface area contributed by atoms with E-state index < -0.39 is 0 Å². The molecule has 0 bridgehead atoms. The van der Waals surface area contributed by atoms with Crippen LogP contribution in [0.4, 0.5) is 0 Å². The van der Waals surface area contributed by atoms with Crippen molar-refractivity contribution in [1.82, 2.24) is 24.5 Å². The molecule has 9 heteroatoms. The highest BCUT2D eigenvalue weighted by Gasteiger charge is 2.19. The van der Waals surface area contributed by atoms with Gasteiger partial charge in [-0.05, 0) is 55.2 Å². The van der Waals surface area contributed by atoms with Crippen molar-refractivity contribution >= 4 is 46.0 Å². The van der Waals surface area contributed by atoms with Crippen LogP contribution in [0.3, 0.4) is 0 Å². The SMILES string of the molecule is CC[C@H](C)NC(=O)c1ccc2c(=O)n(CC(C)C)c3nnc(SCc4cccc(Cl)c4)n3c2c1. The quantitative estimate of drug-likeness (QED) is 0.339. The van der Waals surface area contributed by atoms with Crippen LogP contribution in [-0.2, 0) is 12.3 Å². The molecule has 1 amide bonds. The third-order valence-electron chi connectivity index (χ3n) is 5.63. The molecule has 7 nitrogen and oxygen atoms in total. The van der Waals surface area contributed by atoms with Gasteiger partial charge in [0, 0.05) is 28.9 Å². The summed E-state index contributed by atoms with van der Waals surface area (Å²) >= 11 is 7.65. The lowest BCUT2D eigenvalue weighted by Crippen LogP contribution is -2.32. The molecule has 1 N–H and O–H groups in total. The number of carbonyl (C=O) groups excluding carboxylic acids is 1. The van der Waals surface area contributed by atoms with E-state index in [0.29, 0.717) is 44.7 Å². The molecule has 0 saturated carbocycles. The van der Waals surface area contributed by atoms with Gasteiger partial charge in [0.1, 0.15) is 0 Å². The second-order valence-corrected chi connectivity index (χ2v) is 10.2. The number of halogens is 1. The van der Waals surface area contributed by atoms with Crippen LogP contribution >= 0.6 is 23.4 Å². The number of amides is 1. The highest BCUT2D eigenvalue weighted by molar-refractivity contribution is 7.98. The number of nitrogens with zero attached hydrogens (tertiary/aromatic N) is 4. The summed E-state index contributed by atoms with van der Waals surface area (Å²) in [5.41, 5.74) is 2.04. The Labute approximate surface area is 207 Å². The molecule has 4 aromatic rings. The fourth-order valence-corrected chi connectivity index (χ4v) is 4.83. The second kappa shape index (κ2) is 10.2. The van der Waals surface area contributed by atoms with Gasteiger partial charge in [0.05, 0.1) is 10.9 Å². The van der Waals surface area contributed by atoms with Crippen molar-refractivity contribution in [2.24, 2.45) is 5.92 Å². The zero-order chi connectivity index (χ0) is 24.4. The summed E-state index contributed by atoms with van der Waals surface area (Å²) in [6.07, 6.45) is 0.833. The molecule has 2 heterocycles. The molecule has 0 spiro atoms. The Bertz CT molecular complexity index is 1410. The molecule has 0 fully saturated rings. The van der Waals surface area contributed by atoms with Crippen LogP contribution in [0.15, 0.2) is 52.4 Å². The number of aromatic nitrogens is 4. The summed E-state index contributed by atoms with van der Waals surface area (Å²) in [4.78, 5) is 26.2. The maximum atomic E-state index is 13.4. The molecule has 0 unspecified atom stereocenters. The van der Waals surface area contributed by atoms with Crippen molar-refractivity contribution in [2.45, 2.75) is 57.6 Å². The van der Waals surface area contributed by atoms with Crippen LogP contribution in [0, 0.1) is 5.92 Å². The van der Waals surface area contributed by atoms with E-state index in [0.717, 1.165) is 12.0 Å². The number of hydrogen-bond acceptors (Lipinski definition) is 5. The van der Waals surface area contributed by atoms with Gasteiger partial charge < -0.3 is 5.32 Å². The molecule has 2 aromatic heterocycles. The molecule has 2 aromatic carbocycles. The molecule has 0 aliphatic heterocycles. The molecular formula is C25H28ClN5O2S. The minimum Gasteiger partial charge on any atom is -0.350 e. The predicted octanol–water partition coefficient (Wildman–Crippen LogP) is 5.17. The van der Waals surface area contributed by atoms with Crippen LogP contribution in [0.2, 0.25) is 5.02 Å². The molecule has 0 saturated heterocycles. The zero-order valence-corrected chi connectivity index (χ0v) is 21.3. The van der Waals surface area contributed by atoms with E-state index in [4.69, 9.17) is 11.6 Å². The number of benzene rings is 2. The van der Waals surface area contributed by atoms with Gasteiger partial charge >= 0.3 is 0 Å². The molecule has 1 atom stereocenters. The number of hydrogen-bond donors (Lipinski definition) is 1. The highest BCUT2D eigenvalue weighted by Crippen LogP contribution is 2.26. The van der Waals surface area contributed by atoms with Gasteiger partial charge in [0.25, 0.3) is 11.5 Å². The number of nitrogens with one attached hydrogen (secondary N) is 1. The minimum absolute atomic E-state index is 0.0565. The predicted molar refractivity (Wildman–Crippen MR) is 138 cm³/mol. The third-order valence-corrected chi connectivity index (χ3v) is 6.86. The van der Waals surface area contributed by atoms with Gasteiger partial charge in [-0.1, -0.05) is 56.3 Å². The van der Waals surface area contributed by atoms with Crippen LogP contribution in [0.5, 0.6) is 0 Å². The van der Waals surface area contributed by atoms with Crippen LogP contribution in [0.25, 0.3) is 16.7 Å². The van der Waals surface area contributed by atoms with Crippen molar-refractivity contribution in [1.29, 1.82) is 0 Å². The van der Waals surface area contributed by atoms with Crippen molar-refractivity contribution in [3.05, 3.63) is 69.0 Å². The third kappa shape index (κ3) is 4.98. The summed E-state index contributed by atoms with van der Waals surface area (Å²) in [7, 11) is 0. The van der Waals surface area contributed by atoms with Gasteiger partial charge in [-0.2, -0.15) is 0 Å². The van der Waals surface area contributed by atoms with Crippen molar-refractivity contribution in [3.8, 4) is 0 Å². The summed E-state index contributed by atoms with van der Waals surface area (Å²) in [5, 5.41) is 13.6. The maximum Gasteiger partial charge on any atom is 0.262 e. The van der Waals surface area contributed by atoms with Crippen molar-refractivity contribution in [3.63, 3.8) is 0 Å². The lowest BCUT2D eigenvalue weighted by Gasteiger charge is -2.15. The molecule has 0 aliphatic rings. The molecule has 4 rings (SSSR count). The highest BCUT2D eigenvalue weighted by atomic mass is 35.5. The first-order valence-corrected chi connectivity index (χ1v) is 12.7. The summed E-state index contributed by atoms with van der Waals surface area (Å²) in [6, 6.07) is 12.9. The molecular weight excluding hydrogens is 470 g/mol. The van der Waals surface area contributed by atoms with Crippen LogP contribution in [-0.4, -0.2) is 31.1 Å². The van der Waals surface area contributed by atoms with Gasteiger partial charge in [-0.25, -0.2) is 0 Å². The molecule has 178 valence electrons. The summed E-state index contributed by atoms with van der Waals surface area (Å²) in [5.74, 6) is 1.19. The fourth-order valence-electron chi connectivity index (χ4n) is 3.73. The Morgan fingerprint density at radius 1 is 1.15 bits per heavy atom. The zero-order valence-electron chi connectivity index (χ0n) is 19.7. The summed E-state index contributed by atoms with van der Waals surface area (Å²) < 4.78 is 3.55. The minimum atomic E-state index is -0.169. The molecule has 0 radical (unpaired) electrons. The average Bonchev–Trinajstić information content (AvgIpc) is 3.24. The van der Waals surface area contributed by atoms with Gasteiger partial charge in [-0.15, -0.1) is 10.2 Å². The molecule has 34 heavy (non-hydrogen) atoms. The second-order valence-electron chi connectivity index (χ2n) is 8.86. The summed E-state index contributed by atoms with van der Waals surface area (Å²) in [6.45, 7) is 8.62. The van der Waals surface area contributed by atoms with Crippen molar-refractivity contribution < 1.29 is 4.79 Å². The van der Waals surface area contributed by atoms with Crippen LogP contribution < -0.4 is 10.9 Å². The first kappa shape index (κ1) is 24.3. The smallest absolute Gasteiger partial charge is 0.262 e. The Morgan fingerprint density at radius 2 is 1.94 bits per heavy atom. The van der Waals surface area contributed by atoms with E-state index in [1.54, 1.807) is 22.8 Å². The Morgan fingerprint density at radius 3 is 2.65 bits per heavy atom. The van der Waals surface area contributed by atoms with Gasteiger partial charge in [0.15, 0.2) is 5.16 Å². The van der Waals surface area contributed by atoms with E-state index >= 15 is 0 Å². The van der Waals surface area contributed by atoms with Crippen molar-refractivity contribution in [2.75, 3.05) is 0 Å². The van der Waals surface area contributed by atoms with E-state index in [9.17, 15) is 9.59 Å². The Hall–Kier alpha value is -2.84. The topological polar surface area (TPSA) is 81.3 Å². The largest absolute Gasteiger partial charge is 0.350 e. The van der Waals surface area contributed by atoms with E-state index in [1.165, 1.54) is 11.8 Å². The fraction of sp³-hybridized carbons (Fsp3) is 0.360. The number of carbonyl (C=O) groups is 1. The number of rotatable bonds is 8.